The van der Waals surface area contributed by atoms with Gasteiger partial charge in [0, 0.05) is 0 Å². The summed E-state index contributed by atoms with van der Waals surface area (Å²) in [6.45, 7) is 0. The summed E-state index contributed by atoms with van der Waals surface area (Å²) in [4.78, 5) is 0. The Bertz CT molecular complexity index is 392. The van der Waals surface area contributed by atoms with Crippen molar-refractivity contribution < 1.29 is 0 Å². The molecule has 0 heteroatoms. The van der Waals surface area contributed by atoms with Gasteiger partial charge in [0.15, 0.2) is 0 Å². The van der Waals surface area contributed by atoms with Crippen molar-refractivity contribution in [2.45, 2.75) is 0 Å². The molecule has 68 valence electrons. The SMILES string of the molecule is c1cccc2cccccc-2ccc1. The van der Waals surface area contributed by atoms with E-state index in [0.29, 0.717) is 0 Å². The van der Waals surface area contributed by atoms with Crippen LogP contribution in [0.25, 0.3) is 11.1 Å². The Labute approximate surface area is 84.5 Å². The highest BCUT2D eigenvalue weighted by molar-refractivity contribution is 5.62. The van der Waals surface area contributed by atoms with Crippen molar-refractivity contribution in [2.75, 3.05) is 0 Å². The standard InChI is InChI=1S/C14H12/c1-2-5-9-13-11-7-4-8-12-14(13)10-6-3-1/h1-12H. The fraction of sp³-hybridized carbons (Fsp3) is 0. The molecule has 0 atom stereocenters. The Morgan fingerprint density at radius 2 is 0.643 bits per heavy atom. The van der Waals surface area contributed by atoms with Gasteiger partial charge in [-0.25, -0.2) is 0 Å². The lowest BCUT2D eigenvalue weighted by Gasteiger charge is -1.92. The first-order valence-electron chi connectivity index (χ1n) is 4.74. The molecule has 2 rings (SSSR count). The number of fused-ring (bicyclic) bond motifs is 1. The molecule has 0 heterocycles. The molecule has 0 aromatic carbocycles. The minimum Gasteiger partial charge on any atom is -0.0623 e. The third-order valence-corrected chi connectivity index (χ3v) is 2.10. The molecule has 0 nitrogen and oxygen atoms in total. The van der Waals surface area contributed by atoms with E-state index in [1.54, 1.807) is 0 Å². The van der Waals surface area contributed by atoms with Crippen LogP contribution in [0.4, 0.5) is 0 Å². The van der Waals surface area contributed by atoms with Crippen molar-refractivity contribution in [2.24, 2.45) is 0 Å². The fourth-order valence-corrected chi connectivity index (χ4v) is 1.39. The molecule has 2 aliphatic carbocycles. The highest BCUT2D eigenvalue weighted by atomic mass is 14.0. The first-order valence-corrected chi connectivity index (χ1v) is 4.74. The van der Waals surface area contributed by atoms with Crippen LogP contribution in [0.5, 0.6) is 0 Å². The van der Waals surface area contributed by atoms with Crippen molar-refractivity contribution >= 4 is 0 Å². The van der Waals surface area contributed by atoms with Crippen LogP contribution in [0.3, 0.4) is 0 Å². The lowest BCUT2D eigenvalue weighted by Crippen LogP contribution is -1.67. The number of hydrogen-bond acceptors (Lipinski definition) is 0. The van der Waals surface area contributed by atoms with E-state index in [1.165, 1.54) is 11.1 Å². The zero-order valence-electron chi connectivity index (χ0n) is 7.93. The first-order chi connectivity index (χ1) is 6.97. The summed E-state index contributed by atoms with van der Waals surface area (Å²) in [6.07, 6.45) is 0. The summed E-state index contributed by atoms with van der Waals surface area (Å²) in [5.41, 5.74) is 2.48. The van der Waals surface area contributed by atoms with Gasteiger partial charge in [-0.3, -0.25) is 0 Å². The second-order valence-corrected chi connectivity index (χ2v) is 3.12. The molecular weight excluding hydrogens is 168 g/mol. The average molecular weight is 180 g/mol. The summed E-state index contributed by atoms with van der Waals surface area (Å²) in [7, 11) is 0. The van der Waals surface area contributed by atoms with Gasteiger partial charge in [0.05, 0.1) is 0 Å². The van der Waals surface area contributed by atoms with Gasteiger partial charge in [0.1, 0.15) is 0 Å². The van der Waals surface area contributed by atoms with Gasteiger partial charge in [-0.1, -0.05) is 72.8 Å². The summed E-state index contributed by atoms with van der Waals surface area (Å²) < 4.78 is 0. The van der Waals surface area contributed by atoms with Crippen LogP contribution in [0.2, 0.25) is 0 Å². The maximum absolute atomic E-state index is 2.12. The molecule has 0 spiro atoms. The summed E-state index contributed by atoms with van der Waals surface area (Å²) in [6, 6.07) is 24.8. The number of hydrogen-bond donors (Lipinski definition) is 0. The van der Waals surface area contributed by atoms with Gasteiger partial charge in [-0.2, -0.15) is 0 Å². The second kappa shape index (κ2) is 4.43. The van der Waals surface area contributed by atoms with E-state index < -0.39 is 0 Å². The van der Waals surface area contributed by atoms with Gasteiger partial charge < -0.3 is 0 Å². The van der Waals surface area contributed by atoms with Crippen molar-refractivity contribution in [3.8, 4) is 11.1 Å². The molecule has 0 N–H and O–H groups in total. The maximum Gasteiger partial charge on any atom is -0.0184 e. The Kier molecular flexibility index (Phi) is 2.77. The maximum atomic E-state index is 2.12. The summed E-state index contributed by atoms with van der Waals surface area (Å²) >= 11 is 0. The molecular formula is C14H12. The summed E-state index contributed by atoms with van der Waals surface area (Å²) in [5.74, 6) is 0. The van der Waals surface area contributed by atoms with Gasteiger partial charge in [-0.05, 0) is 11.1 Å². The van der Waals surface area contributed by atoms with Crippen LogP contribution in [0, 0.1) is 0 Å². The van der Waals surface area contributed by atoms with E-state index in [-0.39, 0.29) is 0 Å². The molecule has 0 saturated heterocycles. The van der Waals surface area contributed by atoms with Gasteiger partial charge in [0.2, 0.25) is 0 Å². The molecule has 0 unspecified atom stereocenters. The molecule has 0 aromatic heterocycles. The van der Waals surface area contributed by atoms with Crippen LogP contribution < -0.4 is 0 Å². The molecule has 2 aliphatic rings. The van der Waals surface area contributed by atoms with Crippen LogP contribution in [0.1, 0.15) is 0 Å². The predicted octanol–water partition coefficient (Wildman–Crippen LogP) is 3.92. The van der Waals surface area contributed by atoms with E-state index in [4.69, 9.17) is 0 Å². The lowest BCUT2D eigenvalue weighted by atomic mass is 10.1. The fourth-order valence-electron chi connectivity index (χ4n) is 1.39. The van der Waals surface area contributed by atoms with E-state index in [1.807, 2.05) is 24.3 Å². The third kappa shape index (κ3) is 2.11. The Morgan fingerprint density at radius 3 is 1.07 bits per heavy atom. The third-order valence-electron chi connectivity index (χ3n) is 2.10. The topological polar surface area (TPSA) is 0 Å². The second-order valence-electron chi connectivity index (χ2n) is 3.12. The quantitative estimate of drug-likeness (QED) is 0.576. The molecule has 0 bridgehead atoms. The molecule has 0 aliphatic heterocycles. The first kappa shape index (κ1) is 8.76. The minimum absolute atomic E-state index is 1.24. The van der Waals surface area contributed by atoms with Crippen LogP contribution >= 0.6 is 0 Å². The monoisotopic (exact) mass is 180 g/mol. The Hall–Kier alpha value is -1.82. The molecule has 0 fully saturated rings. The highest BCUT2D eigenvalue weighted by Crippen LogP contribution is 2.16. The largest absolute Gasteiger partial charge is 0.0623 e. The van der Waals surface area contributed by atoms with Crippen molar-refractivity contribution in [1.29, 1.82) is 0 Å². The van der Waals surface area contributed by atoms with Crippen LogP contribution in [-0.2, 0) is 0 Å². The van der Waals surface area contributed by atoms with Crippen molar-refractivity contribution in [3.05, 3.63) is 72.8 Å². The number of rotatable bonds is 0. The van der Waals surface area contributed by atoms with E-state index in [9.17, 15) is 0 Å². The van der Waals surface area contributed by atoms with E-state index >= 15 is 0 Å². The van der Waals surface area contributed by atoms with Crippen molar-refractivity contribution in [1.82, 2.24) is 0 Å². The average Bonchev–Trinajstić information content (AvgIpc) is 2.35. The van der Waals surface area contributed by atoms with Crippen LogP contribution in [0.15, 0.2) is 72.8 Å². The Morgan fingerprint density at radius 1 is 0.357 bits per heavy atom. The molecule has 0 saturated carbocycles. The van der Waals surface area contributed by atoms with Gasteiger partial charge in [-0.15, -0.1) is 0 Å². The van der Waals surface area contributed by atoms with Gasteiger partial charge >= 0.3 is 0 Å². The molecule has 0 aromatic rings. The predicted molar refractivity (Wildman–Crippen MR) is 60.7 cm³/mol. The van der Waals surface area contributed by atoms with Crippen LogP contribution in [-0.4, -0.2) is 0 Å². The minimum atomic E-state index is 1.24. The highest BCUT2D eigenvalue weighted by Gasteiger charge is 1.90. The normalized spacial score (nSPS) is 9.43. The smallest absolute Gasteiger partial charge is 0.0184 e. The zero-order valence-corrected chi connectivity index (χ0v) is 7.93. The van der Waals surface area contributed by atoms with E-state index in [2.05, 4.69) is 48.5 Å². The molecule has 14 heavy (non-hydrogen) atoms. The lowest BCUT2D eigenvalue weighted by molar-refractivity contribution is 1.73. The molecule has 0 amide bonds. The zero-order chi connectivity index (χ0) is 9.64. The van der Waals surface area contributed by atoms with E-state index in [0.717, 1.165) is 0 Å². The summed E-state index contributed by atoms with van der Waals surface area (Å²) in [5, 5.41) is 0. The Balaban J connectivity index is 2.71. The molecule has 0 radical (unpaired) electrons. The van der Waals surface area contributed by atoms with Crippen molar-refractivity contribution in [3.63, 3.8) is 0 Å². The van der Waals surface area contributed by atoms with Gasteiger partial charge in [0.25, 0.3) is 0 Å².